The van der Waals surface area contributed by atoms with Crippen molar-refractivity contribution in [3.05, 3.63) is 46.6 Å². The molecule has 0 spiro atoms. The Morgan fingerprint density at radius 1 is 0.615 bits per heavy atom. The van der Waals surface area contributed by atoms with Gasteiger partial charge in [-0.15, -0.1) is 0 Å². The summed E-state index contributed by atoms with van der Waals surface area (Å²) in [5, 5.41) is 0. The van der Waals surface area contributed by atoms with Crippen molar-refractivity contribution < 1.29 is 13.2 Å². The predicted molar refractivity (Wildman–Crippen MR) is 108 cm³/mol. The molecule has 3 heteroatoms. The Kier molecular flexibility index (Phi) is 13.2. The minimum atomic E-state index is -4.03. The minimum absolute atomic E-state index is 0.189. The summed E-state index contributed by atoms with van der Waals surface area (Å²) in [5.74, 6) is 0. The van der Waals surface area contributed by atoms with Crippen molar-refractivity contribution in [1.82, 2.24) is 0 Å². The van der Waals surface area contributed by atoms with Gasteiger partial charge >= 0.3 is 6.18 Å². The second kappa shape index (κ2) is 13.9. The number of alkyl halides is 3. The van der Waals surface area contributed by atoms with Gasteiger partial charge < -0.3 is 0 Å². The molecule has 0 aliphatic carbocycles. The largest absolute Gasteiger partial charge is 0.389 e. The van der Waals surface area contributed by atoms with E-state index in [1.165, 1.54) is 22.3 Å². The van der Waals surface area contributed by atoms with Crippen molar-refractivity contribution in [1.29, 1.82) is 0 Å². The van der Waals surface area contributed by atoms with Gasteiger partial charge in [0.2, 0.25) is 0 Å². The Balaban J connectivity index is 3.97. The van der Waals surface area contributed by atoms with E-state index in [9.17, 15) is 13.2 Å². The summed E-state index contributed by atoms with van der Waals surface area (Å²) in [6.45, 7) is 10.6. The number of halogens is 3. The van der Waals surface area contributed by atoms with Gasteiger partial charge in [-0.25, -0.2) is 0 Å². The molecule has 0 rings (SSSR count). The van der Waals surface area contributed by atoms with E-state index in [0.717, 1.165) is 38.5 Å². The van der Waals surface area contributed by atoms with Gasteiger partial charge in [0.05, 0.1) is 0 Å². The second-order valence-corrected chi connectivity index (χ2v) is 7.56. The molecule has 0 amide bonds. The molecule has 0 saturated carbocycles. The van der Waals surface area contributed by atoms with Crippen LogP contribution in [0.25, 0.3) is 0 Å². The molecule has 0 aliphatic rings. The molecule has 0 bridgehead atoms. The van der Waals surface area contributed by atoms with E-state index in [4.69, 9.17) is 0 Å². The van der Waals surface area contributed by atoms with Crippen LogP contribution in [0.2, 0.25) is 0 Å². The van der Waals surface area contributed by atoms with Gasteiger partial charge in [-0.3, -0.25) is 0 Å². The summed E-state index contributed by atoms with van der Waals surface area (Å²) in [6.07, 6.45) is 11.1. The Hall–Kier alpha value is -1.25. The van der Waals surface area contributed by atoms with Gasteiger partial charge in [-0.1, -0.05) is 46.6 Å². The number of allylic oxidation sites excluding steroid dienone is 8. The van der Waals surface area contributed by atoms with E-state index in [1.54, 1.807) is 0 Å². The lowest BCUT2D eigenvalue weighted by atomic mass is 10.0. The molecule has 0 unspecified atom stereocenters. The third kappa shape index (κ3) is 17.6. The van der Waals surface area contributed by atoms with Gasteiger partial charge in [0.25, 0.3) is 0 Å². The van der Waals surface area contributed by atoms with Crippen molar-refractivity contribution in [3.8, 4) is 0 Å². The molecule has 0 aromatic carbocycles. The van der Waals surface area contributed by atoms with Gasteiger partial charge in [-0.05, 0) is 86.0 Å². The van der Waals surface area contributed by atoms with Crippen LogP contribution >= 0.6 is 0 Å². The lowest BCUT2D eigenvalue weighted by Crippen LogP contribution is -2.05. The maximum atomic E-state index is 12.1. The summed E-state index contributed by atoms with van der Waals surface area (Å²) >= 11 is 0. The zero-order valence-electron chi connectivity index (χ0n) is 17.3. The Labute approximate surface area is 159 Å². The molecule has 0 heterocycles. The van der Waals surface area contributed by atoms with Crippen LogP contribution in [-0.2, 0) is 0 Å². The first-order valence-electron chi connectivity index (χ1n) is 9.77. The van der Waals surface area contributed by atoms with Crippen LogP contribution < -0.4 is 0 Å². The molecule has 26 heavy (non-hydrogen) atoms. The Morgan fingerprint density at radius 3 is 1.38 bits per heavy atom. The number of unbranched alkanes of at least 4 members (excludes halogenated alkanes) is 1. The first-order valence-corrected chi connectivity index (χ1v) is 9.77. The molecular formula is C23H37F3. The molecule has 0 aromatic rings. The average Bonchev–Trinajstić information content (AvgIpc) is 2.50. The summed E-state index contributed by atoms with van der Waals surface area (Å²) < 4.78 is 36.2. The van der Waals surface area contributed by atoms with Crippen LogP contribution in [0.5, 0.6) is 0 Å². The molecule has 0 radical (unpaired) electrons. The van der Waals surface area contributed by atoms with E-state index in [1.807, 2.05) is 13.0 Å². The topological polar surface area (TPSA) is 0 Å². The summed E-state index contributed by atoms with van der Waals surface area (Å²) in [4.78, 5) is 0. The van der Waals surface area contributed by atoms with E-state index in [2.05, 4.69) is 45.9 Å². The highest BCUT2D eigenvalue weighted by atomic mass is 19.4. The quantitative estimate of drug-likeness (QED) is 0.238. The van der Waals surface area contributed by atoms with Crippen LogP contribution in [0, 0.1) is 0 Å². The first kappa shape index (κ1) is 24.8. The molecule has 0 aromatic heterocycles. The number of hydrogen-bond acceptors (Lipinski definition) is 0. The van der Waals surface area contributed by atoms with E-state index in [-0.39, 0.29) is 6.42 Å². The van der Waals surface area contributed by atoms with E-state index >= 15 is 0 Å². The van der Waals surface area contributed by atoms with Crippen LogP contribution in [0.1, 0.15) is 92.4 Å². The maximum Gasteiger partial charge on any atom is 0.389 e. The normalized spacial score (nSPS) is 13.9. The molecule has 0 nitrogen and oxygen atoms in total. The predicted octanol–water partition coefficient (Wildman–Crippen LogP) is 8.86. The molecule has 0 N–H and O–H groups in total. The third-order valence-electron chi connectivity index (χ3n) is 4.31. The van der Waals surface area contributed by atoms with Crippen molar-refractivity contribution >= 4 is 0 Å². The average molecular weight is 371 g/mol. The molecular weight excluding hydrogens is 333 g/mol. The fraction of sp³-hybridized carbons (Fsp3) is 0.652. The molecule has 0 fully saturated rings. The van der Waals surface area contributed by atoms with Crippen molar-refractivity contribution in [3.63, 3.8) is 0 Å². The highest BCUT2D eigenvalue weighted by Crippen LogP contribution is 2.22. The van der Waals surface area contributed by atoms with Gasteiger partial charge in [0.1, 0.15) is 0 Å². The lowest BCUT2D eigenvalue weighted by Gasteiger charge is -2.05. The van der Waals surface area contributed by atoms with Crippen molar-refractivity contribution in [2.45, 2.75) is 98.6 Å². The van der Waals surface area contributed by atoms with Crippen LogP contribution in [0.4, 0.5) is 13.2 Å². The van der Waals surface area contributed by atoms with Gasteiger partial charge in [-0.2, -0.15) is 13.2 Å². The van der Waals surface area contributed by atoms with Gasteiger partial charge in [0, 0.05) is 6.42 Å². The number of hydrogen-bond donors (Lipinski definition) is 0. The standard InChI is InChI=1S/C23H37F3/c1-19(2)11-8-13-21(4)15-10-17-22(5)16-9-14-20(3)12-6-7-18-23(24,25)26/h11-12,15-16H,6-10,13-14,17-18H2,1-5H3. The van der Waals surface area contributed by atoms with Crippen LogP contribution in [-0.4, -0.2) is 6.18 Å². The fourth-order valence-corrected chi connectivity index (χ4v) is 2.64. The summed E-state index contributed by atoms with van der Waals surface area (Å²) in [5.41, 5.74) is 5.41. The molecule has 150 valence electrons. The van der Waals surface area contributed by atoms with Crippen molar-refractivity contribution in [2.75, 3.05) is 0 Å². The summed E-state index contributed by atoms with van der Waals surface area (Å²) in [7, 11) is 0. The maximum absolute atomic E-state index is 12.1. The second-order valence-electron chi connectivity index (χ2n) is 7.56. The monoisotopic (exact) mass is 370 g/mol. The third-order valence-corrected chi connectivity index (χ3v) is 4.31. The molecule has 0 saturated heterocycles. The highest BCUT2D eigenvalue weighted by molar-refractivity contribution is 5.07. The molecule has 0 aliphatic heterocycles. The van der Waals surface area contributed by atoms with Crippen LogP contribution in [0.15, 0.2) is 46.6 Å². The lowest BCUT2D eigenvalue weighted by molar-refractivity contribution is -0.135. The van der Waals surface area contributed by atoms with Crippen molar-refractivity contribution in [2.24, 2.45) is 0 Å². The van der Waals surface area contributed by atoms with Gasteiger partial charge in [0.15, 0.2) is 0 Å². The Bertz CT molecular complexity index is 498. The highest BCUT2D eigenvalue weighted by Gasteiger charge is 2.25. The zero-order valence-corrected chi connectivity index (χ0v) is 17.3. The summed E-state index contributed by atoms with van der Waals surface area (Å²) in [6, 6.07) is 0. The fourth-order valence-electron chi connectivity index (χ4n) is 2.64. The number of rotatable bonds is 12. The molecule has 0 atom stereocenters. The van der Waals surface area contributed by atoms with Crippen LogP contribution in [0.3, 0.4) is 0 Å². The smallest absolute Gasteiger partial charge is 0.171 e. The SMILES string of the molecule is CC(C)=CCCC(C)=CCCC(C)=CCCC(C)=CCCCC(F)(F)F. The first-order chi connectivity index (χ1) is 12.1. The zero-order chi connectivity index (χ0) is 20.0. The Morgan fingerprint density at radius 2 is 1.00 bits per heavy atom. The van der Waals surface area contributed by atoms with E-state index < -0.39 is 12.6 Å². The minimum Gasteiger partial charge on any atom is -0.171 e. The van der Waals surface area contributed by atoms with E-state index in [0.29, 0.717) is 6.42 Å².